The summed E-state index contributed by atoms with van der Waals surface area (Å²) < 4.78 is 10.7. The van der Waals surface area contributed by atoms with Gasteiger partial charge in [0.1, 0.15) is 22.8 Å². The summed E-state index contributed by atoms with van der Waals surface area (Å²) in [6, 6.07) is 5.92. The van der Waals surface area contributed by atoms with Gasteiger partial charge in [0.2, 0.25) is 0 Å². The first-order valence-corrected chi connectivity index (χ1v) is 11.7. The van der Waals surface area contributed by atoms with Gasteiger partial charge in [-0.25, -0.2) is 9.98 Å². The normalized spacial score (nSPS) is 22.9. The van der Waals surface area contributed by atoms with E-state index in [1.165, 1.54) is 0 Å². The summed E-state index contributed by atoms with van der Waals surface area (Å²) >= 11 is 0. The van der Waals surface area contributed by atoms with Crippen LogP contribution in [0.4, 0.5) is 0 Å². The number of rotatable bonds is 9. The minimum atomic E-state index is -0.836. The lowest BCUT2D eigenvalue weighted by molar-refractivity contribution is -0.131. The van der Waals surface area contributed by atoms with Crippen LogP contribution in [-0.4, -0.2) is 62.2 Å². The highest BCUT2D eigenvalue weighted by Crippen LogP contribution is 2.41. The third-order valence-corrected chi connectivity index (χ3v) is 6.67. The van der Waals surface area contributed by atoms with Crippen molar-refractivity contribution in [3.05, 3.63) is 35.0 Å². The van der Waals surface area contributed by atoms with Gasteiger partial charge in [-0.3, -0.25) is 14.6 Å². The molecule has 0 saturated carbocycles. The van der Waals surface area contributed by atoms with E-state index in [-0.39, 0.29) is 11.6 Å². The Morgan fingerprint density at radius 3 is 2.56 bits per heavy atom. The number of nitrogens with zero attached hydrogens (tertiary/aromatic N) is 3. The molecule has 0 radical (unpaired) electrons. The van der Waals surface area contributed by atoms with Crippen LogP contribution < -0.4 is 14.8 Å². The number of hydrogen-bond acceptors (Lipinski definition) is 8. The van der Waals surface area contributed by atoms with Gasteiger partial charge < -0.3 is 14.8 Å². The van der Waals surface area contributed by atoms with Crippen molar-refractivity contribution in [2.45, 2.75) is 45.6 Å². The minimum Gasteiger partial charge on any atom is -0.493 e. The van der Waals surface area contributed by atoms with Crippen LogP contribution >= 0.6 is 0 Å². The van der Waals surface area contributed by atoms with E-state index in [0.717, 1.165) is 42.8 Å². The van der Waals surface area contributed by atoms with Crippen molar-refractivity contribution in [3.63, 3.8) is 0 Å². The molecule has 2 heterocycles. The molecule has 8 nitrogen and oxygen atoms in total. The number of aliphatic imine (C=N–C) groups is 3. The molecule has 1 aliphatic carbocycles. The summed E-state index contributed by atoms with van der Waals surface area (Å²) in [6.45, 7) is 6.92. The molecule has 0 saturated heterocycles. The first kappa shape index (κ1) is 24.0. The molecule has 34 heavy (non-hydrogen) atoms. The Kier molecular flexibility index (Phi) is 6.79. The molecule has 0 fully saturated rings. The van der Waals surface area contributed by atoms with Crippen LogP contribution in [0, 0.1) is 11.8 Å². The SMILES string of the molecule is COc1ccc(CCNCCCC2C(=O)C3=NC(C)=NC3=C3C=NC(C)(C)C(=O)C32)cc1OC. The Morgan fingerprint density at radius 1 is 1.06 bits per heavy atom. The highest BCUT2D eigenvalue weighted by Gasteiger charge is 2.50. The molecule has 4 rings (SSSR count). The third-order valence-electron chi connectivity index (χ3n) is 6.67. The standard InChI is InChI=1S/C26H32N4O4/c1-15-29-22-18-14-28-26(2,3)25(32)21(18)17(24(31)23(22)30-15)7-6-11-27-12-10-16-8-9-19(33-4)20(13-16)34-5/h8-9,13-14,17,21,27H,6-7,10-12H2,1-5H3. The van der Waals surface area contributed by atoms with Crippen LogP contribution in [0.25, 0.3) is 0 Å². The van der Waals surface area contributed by atoms with E-state index in [1.54, 1.807) is 41.2 Å². The molecule has 0 spiro atoms. The fraction of sp³-hybridized carbons (Fsp3) is 0.500. The van der Waals surface area contributed by atoms with E-state index in [4.69, 9.17) is 9.47 Å². The monoisotopic (exact) mass is 464 g/mol. The smallest absolute Gasteiger partial charge is 0.187 e. The van der Waals surface area contributed by atoms with E-state index in [1.807, 2.05) is 18.2 Å². The van der Waals surface area contributed by atoms with E-state index < -0.39 is 17.4 Å². The second kappa shape index (κ2) is 9.62. The molecule has 180 valence electrons. The predicted molar refractivity (Wildman–Crippen MR) is 132 cm³/mol. The van der Waals surface area contributed by atoms with Crippen molar-refractivity contribution in [2.75, 3.05) is 27.3 Å². The summed E-state index contributed by atoms with van der Waals surface area (Å²) in [6.07, 6.45) is 3.97. The van der Waals surface area contributed by atoms with Gasteiger partial charge in [0, 0.05) is 17.7 Å². The molecule has 1 aromatic carbocycles. The number of carbonyl (C=O) groups is 2. The van der Waals surface area contributed by atoms with Crippen molar-refractivity contribution < 1.29 is 19.1 Å². The fourth-order valence-electron chi connectivity index (χ4n) is 4.80. The highest BCUT2D eigenvalue weighted by atomic mass is 16.5. The second-order valence-electron chi connectivity index (χ2n) is 9.38. The predicted octanol–water partition coefficient (Wildman–Crippen LogP) is 2.99. The van der Waals surface area contributed by atoms with Crippen molar-refractivity contribution in [2.24, 2.45) is 26.8 Å². The number of allylic oxidation sites excluding steroid dienone is 2. The number of nitrogens with one attached hydrogen (secondary N) is 1. The molecule has 0 aromatic heterocycles. The number of hydrogen-bond donors (Lipinski definition) is 1. The topological polar surface area (TPSA) is 102 Å². The first-order chi connectivity index (χ1) is 16.3. The number of ether oxygens (including phenoxy) is 2. The lowest BCUT2D eigenvalue weighted by atomic mass is 9.67. The number of ketones is 2. The minimum absolute atomic E-state index is 0.0175. The zero-order chi connectivity index (χ0) is 24.5. The molecule has 0 amide bonds. The van der Waals surface area contributed by atoms with Crippen LogP contribution in [0.15, 0.2) is 44.4 Å². The van der Waals surface area contributed by atoms with Crippen LogP contribution in [0.2, 0.25) is 0 Å². The van der Waals surface area contributed by atoms with Crippen molar-refractivity contribution >= 4 is 29.3 Å². The van der Waals surface area contributed by atoms with Crippen LogP contribution in [0.5, 0.6) is 11.5 Å². The molecule has 2 aliphatic heterocycles. The number of methoxy groups -OCH3 is 2. The van der Waals surface area contributed by atoms with Crippen molar-refractivity contribution in [3.8, 4) is 11.5 Å². The zero-order valence-corrected chi connectivity index (χ0v) is 20.5. The maximum atomic E-state index is 13.3. The van der Waals surface area contributed by atoms with Gasteiger partial charge in [0.25, 0.3) is 0 Å². The molecule has 0 bridgehead atoms. The summed E-state index contributed by atoms with van der Waals surface area (Å²) in [5.41, 5.74) is 1.97. The molecule has 1 aromatic rings. The zero-order valence-electron chi connectivity index (χ0n) is 20.5. The lowest BCUT2D eigenvalue weighted by Crippen LogP contribution is -2.49. The summed E-state index contributed by atoms with van der Waals surface area (Å²) in [5.74, 6) is 0.959. The van der Waals surface area contributed by atoms with E-state index in [0.29, 0.717) is 29.4 Å². The van der Waals surface area contributed by atoms with Crippen molar-refractivity contribution in [1.82, 2.24) is 5.32 Å². The van der Waals surface area contributed by atoms with Gasteiger partial charge in [0.15, 0.2) is 23.1 Å². The molecule has 2 unspecified atom stereocenters. The molecule has 3 aliphatic rings. The van der Waals surface area contributed by atoms with E-state index >= 15 is 0 Å². The average Bonchev–Trinajstić information content (AvgIpc) is 3.22. The van der Waals surface area contributed by atoms with Crippen molar-refractivity contribution in [1.29, 1.82) is 0 Å². The Labute approximate surface area is 200 Å². The average molecular weight is 465 g/mol. The Morgan fingerprint density at radius 2 is 1.82 bits per heavy atom. The lowest BCUT2D eigenvalue weighted by Gasteiger charge is -2.37. The van der Waals surface area contributed by atoms with Gasteiger partial charge in [-0.2, -0.15) is 0 Å². The molecule has 1 N–H and O–H groups in total. The van der Waals surface area contributed by atoms with Crippen LogP contribution in [0.1, 0.15) is 39.2 Å². The van der Waals surface area contributed by atoms with Gasteiger partial charge in [-0.05, 0) is 70.8 Å². The van der Waals surface area contributed by atoms with Gasteiger partial charge in [-0.1, -0.05) is 6.07 Å². The molecular formula is C26H32N4O4. The molecule has 8 heteroatoms. The maximum absolute atomic E-state index is 13.3. The Balaban J connectivity index is 1.37. The molecule has 2 atom stereocenters. The Bertz CT molecular complexity index is 1130. The highest BCUT2D eigenvalue weighted by molar-refractivity contribution is 6.51. The number of Topliss-reactive ketones (excluding diaryl/α,β-unsaturated/α-hetero) is 2. The van der Waals surface area contributed by atoms with Gasteiger partial charge >= 0.3 is 0 Å². The van der Waals surface area contributed by atoms with Crippen LogP contribution in [-0.2, 0) is 16.0 Å². The third kappa shape index (κ3) is 4.46. The van der Waals surface area contributed by atoms with Crippen LogP contribution in [0.3, 0.4) is 0 Å². The second-order valence-corrected chi connectivity index (χ2v) is 9.38. The van der Waals surface area contributed by atoms with E-state index in [9.17, 15) is 9.59 Å². The summed E-state index contributed by atoms with van der Waals surface area (Å²) in [4.78, 5) is 39.8. The van der Waals surface area contributed by atoms with E-state index in [2.05, 4.69) is 20.3 Å². The number of amidine groups is 1. The fourth-order valence-corrected chi connectivity index (χ4v) is 4.80. The quantitative estimate of drug-likeness (QED) is 0.566. The number of fused-ring (bicyclic) bond motifs is 2. The first-order valence-electron chi connectivity index (χ1n) is 11.7. The Hall–Kier alpha value is -3.13. The number of benzene rings is 1. The van der Waals surface area contributed by atoms with Gasteiger partial charge in [-0.15, -0.1) is 0 Å². The largest absolute Gasteiger partial charge is 0.493 e. The maximum Gasteiger partial charge on any atom is 0.187 e. The van der Waals surface area contributed by atoms with Gasteiger partial charge in [0.05, 0.1) is 20.1 Å². The molecular weight excluding hydrogens is 432 g/mol. The summed E-state index contributed by atoms with van der Waals surface area (Å²) in [5, 5.41) is 3.45. The number of carbonyl (C=O) groups excluding carboxylic acids is 2. The summed E-state index contributed by atoms with van der Waals surface area (Å²) in [7, 11) is 3.25.